The van der Waals surface area contributed by atoms with Gasteiger partial charge in [0.05, 0.1) is 6.16 Å². The summed E-state index contributed by atoms with van der Waals surface area (Å²) in [6.45, 7) is 0. The van der Waals surface area contributed by atoms with Gasteiger partial charge in [0.2, 0.25) is 0 Å². The van der Waals surface area contributed by atoms with Crippen LogP contribution in [0.4, 0.5) is 0 Å². The van der Waals surface area contributed by atoms with Gasteiger partial charge in [-0.05, 0) is 30.0 Å². The Labute approximate surface area is 134 Å². The monoisotopic (exact) mass is 335 g/mol. The number of aromatic nitrogens is 1. The van der Waals surface area contributed by atoms with Gasteiger partial charge >= 0.3 is 13.6 Å². The van der Waals surface area contributed by atoms with Crippen LogP contribution in [0, 0.1) is 0 Å². The smallest absolute Gasteiger partial charge is 0.338 e. The molecular weight excluding hydrogens is 317 g/mol. The van der Waals surface area contributed by atoms with Gasteiger partial charge in [0.15, 0.2) is 6.10 Å². The second-order valence-corrected chi connectivity index (χ2v) is 6.99. The predicted molar refractivity (Wildman–Crippen MR) is 85.2 cm³/mol. The van der Waals surface area contributed by atoms with Crippen LogP contribution in [0.15, 0.2) is 54.9 Å². The molecule has 2 atom stereocenters. The number of carboxylic acid groups (broad SMARTS) is 1. The van der Waals surface area contributed by atoms with Crippen molar-refractivity contribution >= 4 is 13.6 Å². The lowest BCUT2D eigenvalue weighted by atomic mass is 10.1. The summed E-state index contributed by atoms with van der Waals surface area (Å²) in [5, 5.41) is 9.23. The Morgan fingerprint density at radius 1 is 1.22 bits per heavy atom. The first kappa shape index (κ1) is 17.3. The van der Waals surface area contributed by atoms with E-state index in [1.54, 1.807) is 48.8 Å². The minimum atomic E-state index is -4.01. The van der Waals surface area contributed by atoms with E-state index in [9.17, 15) is 19.4 Å². The molecule has 0 bridgehead atoms. The van der Waals surface area contributed by atoms with Gasteiger partial charge in [-0.1, -0.05) is 36.4 Å². The number of hydrogen-bond donors (Lipinski definition) is 2. The molecule has 0 aliphatic heterocycles. The van der Waals surface area contributed by atoms with Gasteiger partial charge in [0, 0.05) is 12.4 Å². The summed E-state index contributed by atoms with van der Waals surface area (Å²) in [6, 6.07) is 11.8. The number of carbonyl (C=O) groups is 1. The zero-order valence-corrected chi connectivity index (χ0v) is 13.3. The number of aliphatic carboxylic acids is 1. The van der Waals surface area contributed by atoms with Crippen LogP contribution in [0.25, 0.3) is 0 Å². The molecule has 2 aromatic rings. The fraction of sp³-hybridized carbons (Fsp3) is 0.250. The highest BCUT2D eigenvalue weighted by molar-refractivity contribution is 7.52. The largest absolute Gasteiger partial charge is 0.479 e. The number of carboxylic acids is 1. The number of rotatable bonds is 8. The number of hydrogen-bond acceptors (Lipinski definition) is 4. The zero-order valence-electron chi connectivity index (χ0n) is 12.4. The third-order valence-electron chi connectivity index (χ3n) is 3.23. The molecule has 0 radical (unpaired) electrons. The van der Waals surface area contributed by atoms with E-state index in [0.717, 1.165) is 5.56 Å². The number of benzene rings is 1. The van der Waals surface area contributed by atoms with Gasteiger partial charge in [-0.2, -0.15) is 0 Å². The van der Waals surface area contributed by atoms with Crippen molar-refractivity contribution in [2.45, 2.75) is 18.9 Å². The standard InChI is InChI=1S/C16H18NO5P/c18-16(19)15(14-8-2-1-3-9-14)22-23(20,21)11-5-7-13-6-4-10-17-12-13/h1-4,6,8-10,12,15H,5,7,11H2,(H,18,19)(H,20,21). The molecule has 0 fully saturated rings. The van der Waals surface area contributed by atoms with Gasteiger partial charge in [-0.3, -0.25) is 14.1 Å². The summed E-state index contributed by atoms with van der Waals surface area (Å²) in [5.74, 6) is -1.29. The highest BCUT2D eigenvalue weighted by atomic mass is 31.2. The average Bonchev–Trinajstić information content (AvgIpc) is 2.54. The molecule has 0 aliphatic rings. The Kier molecular flexibility index (Phi) is 6.04. The molecule has 7 heteroatoms. The number of nitrogens with zero attached hydrogens (tertiary/aromatic N) is 1. The maximum Gasteiger partial charge on any atom is 0.338 e. The van der Waals surface area contributed by atoms with Crippen molar-refractivity contribution in [3.05, 3.63) is 66.0 Å². The molecule has 6 nitrogen and oxygen atoms in total. The molecule has 1 aromatic carbocycles. The van der Waals surface area contributed by atoms with E-state index < -0.39 is 19.7 Å². The highest BCUT2D eigenvalue weighted by Crippen LogP contribution is 2.47. The summed E-state index contributed by atoms with van der Waals surface area (Å²) < 4.78 is 17.2. The summed E-state index contributed by atoms with van der Waals surface area (Å²) in [4.78, 5) is 25.2. The summed E-state index contributed by atoms with van der Waals surface area (Å²) in [5.41, 5.74) is 1.28. The molecule has 1 heterocycles. The lowest BCUT2D eigenvalue weighted by Gasteiger charge is -2.18. The fourth-order valence-corrected chi connectivity index (χ4v) is 3.33. The van der Waals surface area contributed by atoms with Crippen LogP contribution in [0.5, 0.6) is 0 Å². The van der Waals surface area contributed by atoms with Crippen LogP contribution in [0.2, 0.25) is 0 Å². The summed E-state index contributed by atoms with van der Waals surface area (Å²) in [7, 11) is -4.01. The summed E-state index contributed by atoms with van der Waals surface area (Å²) in [6.07, 6.45) is 2.75. The molecule has 23 heavy (non-hydrogen) atoms. The lowest BCUT2D eigenvalue weighted by Crippen LogP contribution is -2.15. The molecule has 122 valence electrons. The molecular formula is C16H18NO5P. The normalized spacial score (nSPS) is 14.8. The molecule has 0 amide bonds. The molecule has 2 N–H and O–H groups in total. The second kappa shape index (κ2) is 8.02. The molecule has 2 unspecified atom stereocenters. The Morgan fingerprint density at radius 2 is 1.96 bits per heavy atom. The molecule has 2 rings (SSSR count). The van der Waals surface area contributed by atoms with Gasteiger partial charge < -0.3 is 10.00 Å². The van der Waals surface area contributed by atoms with E-state index in [1.165, 1.54) is 0 Å². The molecule has 1 aromatic heterocycles. The van der Waals surface area contributed by atoms with E-state index in [2.05, 4.69) is 4.98 Å². The Morgan fingerprint density at radius 3 is 2.57 bits per heavy atom. The minimum Gasteiger partial charge on any atom is -0.479 e. The lowest BCUT2D eigenvalue weighted by molar-refractivity contribution is -0.145. The Hall–Kier alpha value is -2.01. The van der Waals surface area contributed by atoms with E-state index in [0.29, 0.717) is 18.4 Å². The predicted octanol–water partition coefficient (Wildman–Crippen LogP) is 3.04. The maximum atomic E-state index is 12.1. The first-order chi connectivity index (χ1) is 11.0. The van der Waals surface area contributed by atoms with Crippen molar-refractivity contribution in [2.75, 3.05) is 6.16 Å². The van der Waals surface area contributed by atoms with Crippen LogP contribution in [0.3, 0.4) is 0 Å². The highest BCUT2D eigenvalue weighted by Gasteiger charge is 2.30. The van der Waals surface area contributed by atoms with Gasteiger partial charge in [-0.25, -0.2) is 4.79 Å². The van der Waals surface area contributed by atoms with Crippen molar-refractivity contribution in [3.63, 3.8) is 0 Å². The van der Waals surface area contributed by atoms with Gasteiger partial charge in [0.1, 0.15) is 0 Å². The van der Waals surface area contributed by atoms with Crippen LogP contribution in [-0.2, 0) is 20.3 Å². The van der Waals surface area contributed by atoms with E-state index in [4.69, 9.17) is 4.52 Å². The molecule has 0 saturated heterocycles. The van der Waals surface area contributed by atoms with Crippen LogP contribution >= 0.6 is 7.60 Å². The Bertz CT molecular complexity index is 677. The van der Waals surface area contributed by atoms with Crippen LogP contribution < -0.4 is 0 Å². The van der Waals surface area contributed by atoms with Crippen molar-refractivity contribution in [3.8, 4) is 0 Å². The zero-order chi connectivity index (χ0) is 16.7. The van der Waals surface area contributed by atoms with Gasteiger partial charge in [0.25, 0.3) is 0 Å². The quantitative estimate of drug-likeness (QED) is 0.720. The van der Waals surface area contributed by atoms with Gasteiger partial charge in [-0.15, -0.1) is 0 Å². The number of aryl methyl sites for hydroxylation is 1. The fourth-order valence-electron chi connectivity index (χ4n) is 2.12. The van der Waals surface area contributed by atoms with Crippen molar-refractivity contribution in [1.29, 1.82) is 0 Å². The first-order valence-corrected chi connectivity index (χ1v) is 8.91. The van der Waals surface area contributed by atoms with E-state index in [1.807, 2.05) is 6.07 Å². The number of pyridine rings is 1. The minimum absolute atomic E-state index is 0.113. The van der Waals surface area contributed by atoms with Crippen molar-refractivity contribution < 1.29 is 23.9 Å². The third-order valence-corrected chi connectivity index (χ3v) is 4.65. The first-order valence-electron chi connectivity index (χ1n) is 7.15. The van der Waals surface area contributed by atoms with E-state index >= 15 is 0 Å². The van der Waals surface area contributed by atoms with Crippen LogP contribution in [0.1, 0.15) is 23.7 Å². The van der Waals surface area contributed by atoms with Crippen LogP contribution in [-0.4, -0.2) is 27.1 Å². The Balaban J connectivity index is 1.95. The van der Waals surface area contributed by atoms with E-state index in [-0.39, 0.29) is 6.16 Å². The topological polar surface area (TPSA) is 96.7 Å². The third kappa shape index (κ3) is 5.60. The average molecular weight is 335 g/mol. The van der Waals surface area contributed by atoms with Crippen molar-refractivity contribution in [1.82, 2.24) is 4.98 Å². The summed E-state index contributed by atoms with van der Waals surface area (Å²) >= 11 is 0. The second-order valence-electron chi connectivity index (χ2n) is 5.06. The molecule has 0 saturated carbocycles. The molecule has 0 aliphatic carbocycles. The SMILES string of the molecule is O=C(O)C(OP(=O)(O)CCCc1cccnc1)c1ccccc1. The maximum absolute atomic E-state index is 12.1. The molecule has 0 spiro atoms. The van der Waals surface area contributed by atoms with Crippen molar-refractivity contribution in [2.24, 2.45) is 0 Å².